The van der Waals surface area contributed by atoms with E-state index in [1.807, 2.05) is 57.2 Å². The molecule has 3 rings (SSSR count). The summed E-state index contributed by atoms with van der Waals surface area (Å²) in [7, 11) is 1.80. The minimum atomic E-state index is -0.00562. The summed E-state index contributed by atoms with van der Waals surface area (Å²) in [6, 6.07) is 15.3. The molecule has 0 N–H and O–H groups in total. The SMILES string of the molecule is CCC(=O)N(C)c1ccc(-c2ccc(C(=O)Cc3cc(C)no3)cc2)cc1C. The molecule has 0 aliphatic carbocycles. The van der Waals surface area contributed by atoms with Gasteiger partial charge in [0.25, 0.3) is 0 Å². The van der Waals surface area contributed by atoms with Gasteiger partial charge in [-0.15, -0.1) is 0 Å². The summed E-state index contributed by atoms with van der Waals surface area (Å²) >= 11 is 0. The number of benzene rings is 2. The number of hydrogen-bond acceptors (Lipinski definition) is 4. The Hall–Kier alpha value is -3.21. The van der Waals surface area contributed by atoms with Crippen LogP contribution >= 0.6 is 0 Å². The van der Waals surface area contributed by atoms with E-state index in [0.717, 1.165) is 28.1 Å². The molecule has 3 aromatic rings. The first-order valence-electron chi connectivity index (χ1n) is 9.32. The molecule has 0 atom stereocenters. The number of anilines is 1. The van der Waals surface area contributed by atoms with Crippen molar-refractivity contribution in [1.82, 2.24) is 5.16 Å². The molecule has 0 aliphatic heterocycles. The highest BCUT2D eigenvalue weighted by molar-refractivity contribution is 5.97. The van der Waals surface area contributed by atoms with Gasteiger partial charge in [0.2, 0.25) is 5.91 Å². The summed E-state index contributed by atoms with van der Waals surface area (Å²) in [6.45, 7) is 5.68. The van der Waals surface area contributed by atoms with Crippen LogP contribution in [0.5, 0.6) is 0 Å². The Bertz CT molecular complexity index is 1000. The monoisotopic (exact) mass is 376 g/mol. The van der Waals surface area contributed by atoms with Crippen LogP contribution in [0.4, 0.5) is 5.69 Å². The first kappa shape index (κ1) is 19.5. The molecule has 5 nitrogen and oxygen atoms in total. The number of nitrogens with zero attached hydrogens (tertiary/aromatic N) is 2. The average molecular weight is 376 g/mol. The molecular formula is C23H24N2O3. The van der Waals surface area contributed by atoms with Crippen LogP contribution < -0.4 is 4.90 Å². The van der Waals surface area contributed by atoms with E-state index >= 15 is 0 Å². The first-order chi connectivity index (χ1) is 13.4. The summed E-state index contributed by atoms with van der Waals surface area (Å²) in [5, 5.41) is 3.81. The first-order valence-corrected chi connectivity index (χ1v) is 9.32. The molecule has 0 radical (unpaired) electrons. The highest BCUT2D eigenvalue weighted by Crippen LogP contribution is 2.27. The van der Waals surface area contributed by atoms with E-state index in [2.05, 4.69) is 11.2 Å². The molecule has 2 aromatic carbocycles. The molecule has 1 aromatic heterocycles. The van der Waals surface area contributed by atoms with Gasteiger partial charge in [-0.3, -0.25) is 9.59 Å². The summed E-state index contributed by atoms with van der Waals surface area (Å²) in [6.07, 6.45) is 0.673. The Labute approximate surface area is 165 Å². The number of rotatable bonds is 6. The lowest BCUT2D eigenvalue weighted by atomic mass is 9.99. The Morgan fingerprint density at radius 2 is 1.68 bits per heavy atom. The second-order valence-electron chi connectivity index (χ2n) is 6.92. The Morgan fingerprint density at radius 3 is 2.25 bits per heavy atom. The van der Waals surface area contributed by atoms with Crippen LogP contribution in [0, 0.1) is 13.8 Å². The predicted molar refractivity (Wildman–Crippen MR) is 110 cm³/mol. The van der Waals surface area contributed by atoms with Crippen molar-refractivity contribution in [2.45, 2.75) is 33.6 Å². The topological polar surface area (TPSA) is 63.4 Å². The number of aryl methyl sites for hydroxylation is 2. The third kappa shape index (κ3) is 4.19. The van der Waals surface area contributed by atoms with Crippen molar-refractivity contribution >= 4 is 17.4 Å². The van der Waals surface area contributed by atoms with Gasteiger partial charge >= 0.3 is 0 Å². The van der Waals surface area contributed by atoms with Crippen LogP contribution in [-0.2, 0) is 11.2 Å². The molecule has 0 spiro atoms. The van der Waals surface area contributed by atoms with Gasteiger partial charge in [-0.05, 0) is 42.7 Å². The fraction of sp³-hybridized carbons (Fsp3) is 0.261. The molecule has 0 fully saturated rings. The van der Waals surface area contributed by atoms with Crippen molar-refractivity contribution in [3.8, 4) is 11.1 Å². The lowest BCUT2D eigenvalue weighted by Gasteiger charge is -2.19. The average Bonchev–Trinajstić information content (AvgIpc) is 3.11. The molecule has 0 saturated heterocycles. The fourth-order valence-electron chi connectivity index (χ4n) is 3.19. The molecule has 0 saturated carbocycles. The van der Waals surface area contributed by atoms with Gasteiger partial charge in [-0.2, -0.15) is 0 Å². The zero-order chi connectivity index (χ0) is 20.3. The summed E-state index contributed by atoms with van der Waals surface area (Å²) < 4.78 is 5.12. The molecule has 0 aliphatic rings. The molecular weight excluding hydrogens is 352 g/mol. The van der Waals surface area contributed by atoms with E-state index in [9.17, 15) is 9.59 Å². The van der Waals surface area contributed by atoms with Crippen molar-refractivity contribution in [2.24, 2.45) is 0 Å². The zero-order valence-corrected chi connectivity index (χ0v) is 16.7. The fourth-order valence-corrected chi connectivity index (χ4v) is 3.19. The summed E-state index contributed by atoms with van der Waals surface area (Å²) in [5.74, 6) is 0.651. The van der Waals surface area contributed by atoms with Gasteiger partial charge in [0.15, 0.2) is 5.78 Å². The van der Waals surface area contributed by atoms with Crippen LogP contribution in [0.15, 0.2) is 53.1 Å². The largest absolute Gasteiger partial charge is 0.361 e. The number of amides is 1. The van der Waals surface area contributed by atoms with Crippen molar-refractivity contribution in [1.29, 1.82) is 0 Å². The maximum Gasteiger partial charge on any atom is 0.226 e. The van der Waals surface area contributed by atoms with Crippen LogP contribution in [0.2, 0.25) is 0 Å². The number of carbonyl (C=O) groups excluding carboxylic acids is 2. The van der Waals surface area contributed by atoms with Gasteiger partial charge in [-0.25, -0.2) is 0 Å². The standard InChI is InChI=1S/C23H24N2O3/c1-5-23(27)25(4)21-11-10-19(12-15(21)2)17-6-8-18(9-7-17)22(26)14-20-13-16(3)24-28-20/h6-13H,5,14H2,1-4H3. The highest BCUT2D eigenvalue weighted by Gasteiger charge is 2.13. The second kappa shape index (κ2) is 8.21. The smallest absolute Gasteiger partial charge is 0.226 e. The van der Waals surface area contributed by atoms with E-state index in [0.29, 0.717) is 17.7 Å². The third-order valence-corrected chi connectivity index (χ3v) is 4.79. The highest BCUT2D eigenvalue weighted by atomic mass is 16.5. The van der Waals surface area contributed by atoms with Crippen molar-refractivity contribution in [2.75, 3.05) is 11.9 Å². The molecule has 1 amide bonds. The van der Waals surface area contributed by atoms with Crippen molar-refractivity contribution in [3.63, 3.8) is 0 Å². The number of hydrogen-bond donors (Lipinski definition) is 0. The number of aromatic nitrogens is 1. The lowest BCUT2D eigenvalue weighted by Crippen LogP contribution is -2.25. The minimum Gasteiger partial charge on any atom is -0.361 e. The van der Waals surface area contributed by atoms with Crippen LogP contribution in [0.25, 0.3) is 11.1 Å². The maximum absolute atomic E-state index is 12.4. The van der Waals surface area contributed by atoms with Crippen LogP contribution in [0.1, 0.15) is 40.7 Å². The molecule has 0 unspecified atom stereocenters. The van der Waals surface area contributed by atoms with Crippen LogP contribution in [0.3, 0.4) is 0 Å². The summed E-state index contributed by atoms with van der Waals surface area (Å²) in [4.78, 5) is 26.0. The molecule has 144 valence electrons. The van der Waals surface area contributed by atoms with Gasteiger partial charge in [-0.1, -0.05) is 42.4 Å². The maximum atomic E-state index is 12.4. The van der Waals surface area contributed by atoms with Crippen molar-refractivity contribution < 1.29 is 14.1 Å². The van der Waals surface area contributed by atoms with Gasteiger partial charge in [0.1, 0.15) is 5.76 Å². The summed E-state index contributed by atoms with van der Waals surface area (Å²) in [5.41, 5.74) is 5.41. The third-order valence-electron chi connectivity index (χ3n) is 4.79. The minimum absolute atomic E-state index is 0.00562. The Kier molecular flexibility index (Phi) is 5.73. The molecule has 1 heterocycles. The quantitative estimate of drug-likeness (QED) is 0.582. The second-order valence-corrected chi connectivity index (χ2v) is 6.92. The molecule has 5 heteroatoms. The number of carbonyl (C=O) groups is 2. The number of ketones is 1. The predicted octanol–water partition coefficient (Wildman–Crippen LogP) is 4.76. The Balaban J connectivity index is 1.77. The van der Waals surface area contributed by atoms with Crippen molar-refractivity contribution in [3.05, 3.63) is 71.1 Å². The van der Waals surface area contributed by atoms with E-state index in [-0.39, 0.29) is 18.1 Å². The molecule has 0 bridgehead atoms. The van der Waals surface area contributed by atoms with E-state index in [1.54, 1.807) is 18.0 Å². The Morgan fingerprint density at radius 1 is 1.00 bits per heavy atom. The number of Topliss-reactive ketones (excluding diaryl/α,β-unsaturated/α-hetero) is 1. The van der Waals surface area contributed by atoms with Crippen LogP contribution in [-0.4, -0.2) is 23.9 Å². The van der Waals surface area contributed by atoms with E-state index in [4.69, 9.17) is 4.52 Å². The van der Waals surface area contributed by atoms with Gasteiger partial charge in [0, 0.05) is 30.8 Å². The zero-order valence-electron chi connectivity index (χ0n) is 16.7. The van der Waals surface area contributed by atoms with Gasteiger partial charge in [0.05, 0.1) is 12.1 Å². The van der Waals surface area contributed by atoms with E-state index < -0.39 is 0 Å². The van der Waals surface area contributed by atoms with E-state index in [1.165, 1.54) is 0 Å². The van der Waals surface area contributed by atoms with Gasteiger partial charge < -0.3 is 9.42 Å². The normalized spacial score (nSPS) is 10.7. The molecule has 28 heavy (non-hydrogen) atoms. The lowest BCUT2D eigenvalue weighted by molar-refractivity contribution is -0.118.